The Bertz CT molecular complexity index is 432. The third-order valence-electron chi connectivity index (χ3n) is 2.24. The topological polar surface area (TPSA) is 94.8 Å². The van der Waals surface area contributed by atoms with Gasteiger partial charge in [0.15, 0.2) is 6.29 Å². The molecule has 0 aromatic heterocycles. The minimum absolute atomic E-state index is 0.172. The Morgan fingerprint density at radius 2 is 2.06 bits per heavy atom. The molecule has 0 radical (unpaired) electrons. The van der Waals surface area contributed by atoms with Crippen LogP contribution in [0.5, 0.6) is 0 Å². The van der Waals surface area contributed by atoms with Crippen LogP contribution in [0.2, 0.25) is 5.02 Å². The Morgan fingerprint density at radius 1 is 1.41 bits per heavy atom. The molecule has 5 nitrogen and oxygen atoms in total. The van der Waals surface area contributed by atoms with Gasteiger partial charge in [-0.15, -0.1) is 0 Å². The first-order chi connectivity index (χ1) is 7.95. The standard InChI is InChI=1S/C11H11ClO5/c12-8-2-1-6(3-7(8)5-13)11(17)9(14)4-10(15)16/h1-3,5,9,11,14,17H,4H2,(H,15,16). The average Bonchev–Trinajstić information content (AvgIpc) is 2.27. The van der Waals surface area contributed by atoms with E-state index in [-0.39, 0.29) is 16.1 Å². The van der Waals surface area contributed by atoms with Crippen LogP contribution in [0, 0.1) is 0 Å². The zero-order valence-corrected chi connectivity index (χ0v) is 9.46. The summed E-state index contributed by atoms with van der Waals surface area (Å²) in [6.45, 7) is 0. The van der Waals surface area contributed by atoms with E-state index < -0.39 is 24.6 Å². The number of aliphatic hydroxyl groups is 2. The number of benzene rings is 1. The van der Waals surface area contributed by atoms with Gasteiger partial charge in [0, 0.05) is 5.56 Å². The van der Waals surface area contributed by atoms with Crippen LogP contribution >= 0.6 is 11.6 Å². The molecule has 0 saturated carbocycles. The Labute approximate surface area is 102 Å². The van der Waals surface area contributed by atoms with Crippen LogP contribution in [0.3, 0.4) is 0 Å². The van der Waals surface area contributed by atoms with Gasteiger partial charge in [0.25, 0.3) is 0 Å². The normalized spacial score (nSPS) is 14.1. The molecule has 0 aliphatic carbocycles. The lowest BCUT2D eigenvalue weighted by molar-refractivity contribution is -0.141. The lowest BCUT2D eigenvalue weighted by Gasteiger charge is -2.16. The van der Waals surface area contributed by atoms with Crippen LogP contribution < -0.4 is 0 Å². The Morgan fingerprint density at radius 3 is 2.59 bits per heavy atom. The van der Waals surface area contributed by atoms with Gasteiger partial charge >= 0.3 is 5.97 Å². The highest BCUT2D eigenvalue weighted by Crippen LogP contribution is 2.23. The molecule has 0 aliphatic rings. The van der Waals surface area contributed by atoms with Crippen LogP contribution in [0.4, 0.5) is 0 Å². The molecule has 0 fully saturated rings. The number of aldehydes is 1. The molecule has 0 saturated heterocycles. The van der Waals surface area contributed by atoms with Crippen molar-refractivity contribution >= 4 is 23.9 Å². The number of hydrogen-bond acceptors (Lipinski definition) is 4. The highest BCUT2D eigenvalue weighted by atomic mass is 35.5. The van der Waals surface area contributed by atoms with Gasteiger partial charge in [-0.2, -0.15) is 0 Å². The summed E-state index contributed by atoms with van der Waals surface area (Å²) >= 11 is 5.70. The third kappa shape index (κ3) is 3.52. The van der Waals surface area contributed by atoms with Crippen LogP contribution in [0.25, 0.3) is 0 Å². The molecule has 0 bridgehead atoms. The van der Waals surface area contributed by atoms with Crippen LogP contribution in [-0.2, 0) is 4.79 Å². The maximum absolute atomic E-state index is 10.6. The van der Waals surface area contributed by atoms with E-state index in [2.05, 4.69) is 0 Å². The molecular weight excluding hydrogens is 248 g/mol. The van der Waals surface area contributed by atoms with E-state index in [1.807, 2.05) is 0 Å². The molecule has 1 rings (SSSR count). The van der Waals surface area contributed by atoms with Gasteiger partial charge in [0.1, 0.15) is 6.10 Å². The monoisotopic (exact) mass is 258 g/mol. The largest absolute Gasteiger partial charge is 0.481 e. The number of carbonyl (C=O) groups is 2. The maximum Gasteiger partial charge on any atom is 0.306 e. The number of rotatable bonds is 5. The third-order valence-corrected chi connectivity index (χ3v) is 2.58. The number of hydrogen-bond donors (Lipinski definition) is 3. The molecule has 1 aromatic carbocycles. The number of carbonyl (C=O) groups excluding carboxylic acids is 1. The lowest BCUT2D eigenvalue weighted by atomic mass is 10.0. The Kier molecular flexibility index (Phi) is 4.62. The van der Waals surface area contributed by atoms with E-state index in [1.165, 1.54) is 18.2 Å². The molecule has 0 heterocycles. The molecule has 1 aromatic rings. The second-order valence-electron chi connectivity index (χ2n) is 3.51. The molecular formula is C11H11ClO5. The fourth-order valence-corrected chi connectivity index (χ4v) is 1.51. The Balaban J connectivity index is 2.92. The molecule has 6 heteroatoms. The first-order valence-corrected chi connectivity index (χ1v) is 5.16. The molecule has 0 aliphatic heterocycles. The molecule has 0 amide bonds. The summed E-state index contributed by atoms with van der Waals surface area (Å²) in [5.41, 5.74) is 0.413. The minimum Gasteiger partial charge on any atom is -0.481 e. The van der Waals surface area contributed by atoms with Crippen molar-refractivity contribution < 1.29 is 24.9 Å². The highest BCUT2D eigenvalue weighted by Gasteiger charge is 2.21. The van der Waals surface area contributed by atoms with E-state index in [4.69, 9.17) is 16.7 Å². The smallest absolute Gasteiger partial charge is 0.306 e. The van der Waals surface area contributed by atoms with Crippen molar-refractivity contribution in [1.82, 2.24) is 0 Å². The maximum atomic E-state index is 10.6. The van der Waals surface area contributed by atoms with Crippen molar-refractivity contribution in [1.29, 1.82) is 0 Å². The summed E-state index contributed by atoms with van der Waals surface area (Å²) in [4.78, 5) is 21.0. The molecule has 17 heavy (non-hydrogen) atoms. The zero-order chi connectivity index (χ0) is 13.0. The first-order valence-electron chi connectivity index (χ1n) is 4.78. The van der Waals surface area contributed by atoms with Crippen LogP contribution in [-0.4, -0.2) is 33.7 Å². The second-order valence-corrected chi connectivity index (χ2v) is 3.92. The van der Waals surface area contributed by atoms with E-state index in [0.717, 1.165) is 0 Å². The predicted octanol–water partition coefficient (Wildman–Crippen LogP) is 1.02. The lowest BCUT2D eigenvalue weighted by Crippen LogP contribution is -2.21. The fourth-order valence-electron chi connectivity index (χ4n) is 1.35. The molecule has 2 unspecified atom stereocenters. The van der Waals surface area contributed by atoms with E-state index in [9.17, 15) is 19.8 Å². The van der Waals surface area contributed by atoms with Crippen molar-refractivity contribution in [3.63, 3.8) is 0 Å². The molecule has 3 N–H and O–H groups in total. The minimum atomic E-state index is -1.44. The van der Waals surface area contributed by atoms with Gasteiger partial charge in [-0.1, -0.05) is 17.7 Å². The molecule has 92 valence electrons. The number of halogens is 1. The first kappa shape index (κ1) is 13.6. The van der Waals surface area contributed by atoms with Crippen LogP contribution in [0.15, 0.2) is 18.2 Å². The van der Waals surface area contributed by atoms with Crippen molar-refractivity contribution in [2.75, 3.05) is 0 Å². The second kappa shape index (κ2) is 5.77. The predicted molar refractivity (Wildman–Crippen MR) is 60.1 cm³/mol. The molecule has 2 atom stereocenters. The quantitative estimate of drug-likeness (QED) is 0.686. The van der Waals surface area contributed by atoms with Gasteiger partial charge in [-0.3, -0.25) is 9.59 Å². The van der Waals surface area contributed by atoms with Gasteiger partial charge in [-0.25, -0.2) is 0 Å². The van der Waals surface area contributed by atoms with Crippen molar-refractivity contribution in [3.05, 3.63) is 34.3 Å². The summed E-state index contributed by atoms with van der Waals surface area (Å²) in [6.07, 6.45) is -2.88. The van der Waals surface area contributed by atoms with E-state index >= 15 is 0 Å². The van der Waals surface area contributed by atoms with E-state index in [0.29, 0.717) is 6.29 Å². The average molecular weight is 259 g/mol. The Hall–Kier alpha value is -1.43. The summed E-state index contributed by atoms with van der Waals surface area (Å²) in [6, 6.07) is 4.13. The highest BCUT2D eigenvalue weighted by molar-refractivity contribution is 6.32. The van der Waals surface area contributed by atoms with Crippen molar-refractivity contribution in [3.8, 4) is 0 Å². The fraction of sp³-hybridized carbons (Fsp3) is 0.273. The number of carboxylic acids is 1. The van der Waals surface area contributed by atoms with Gasteiger partial charge < -0.3 is 15.3 Å². The van der Waals surface area contributed by atoms with E-state index in [1.54, 1.807) is 0 Å². The van der Waals surface area contributed by atoms with Gasteiger partial charge in [0.05, 0.1) is 17.5 Å². The van der Waals surface area contributed by atoms with Crippen LogP contribution in [0.1, 0.15) is 28.4 Å². The van der Waals surface area contributed by atoms with Gasteiger partial charge in [0.2, 0.25) is 0 Å². The number of carboxylic acid groups (broad SMARTS) is 1. The van der Waals surface area contributed by atoms with Gasteiger partial charge in [-0.05, 0) is 17.7 Å². The summed E-state index contributed by atoms with van der Waals surface area (Å²) < 4.78 is 0. The number of aliphatic hydroxyl groups excluding tert-OH is 2. The van der Waals surface area contributed by atoms with Crippen molar-refractivity contribution in [2.45, 2.75) is 18.6 Å². The summed E-state index contributed by atoms with van der Waals surface area (Å²) in [5, 5.41) is 27.8. The molecule has 0 spiro atoms. The summed E-state index contributed by atoms with van der Waals surface area (Å²) in [5.74, 6) is -1.22. The number of aliphatic carboxylic acids is 1. The van der Waals surface area contributed by atoms with Crippen molar-refractivity contribution in [2.24, 2.45) is 0 Å². The summed E-state index contributed by atoms with van der Waals surface area (Å²) in [7, 11) is 0. The SMILES string of the molecule is O=Cc1cc(C(O)C(O)CC(=O)O)ccc1Cl. The zero-order valence-electron chi connectivity index (χ0n) is 8.71.